The zero-order valence-corrected chi connectivity index (χ0v) is 14.1. The van der Waals surface area contributed by atoms with Gasteiger partial charge < -0.3 is 24.5 Å². The van der Waals surface area contributed by atoms with Crippen molar-refractivity contribution in [2.75, 3.05) is 38.3 Å². The highest BCUT2D eigenvalue weighted by molar-refractivity contribution is 5.95. The number of nitrogens with zero attached hydrogens (tertiary/aromatic N) is 3. The molecule has 0 unspecified atom stereocenters. The smallest absolute Gasteiger partial charge is 0.407 e. The Kier molecular flexibility index (Phi) is 4.52. The second kappa shape index (κ2) is 6.62. The van der Waals surface area contributed by atoms with E-state index in [1.165, 1.54) is 16.9 Å². The maximum Gasteiger partial charge on any atom is 0.407 e. The molecule has 2 saturated heterocycles. The van der Waals surface area contributed by atoms with Crippen molar-refractivity contribution in [3.63, 3.8) is 0 Å². The molecule has 2 aliphatic heterocycles. The van der Waals surface area contributed by atoms with Crippen molar-refractivity contribution >= 4 is 23.7 Å². The van der Waals surface area contributed by atoms with Crippen molar-refractivity contribution in [1.82, 2.24) is 9.80 Å². The van der Waals surface area contributed by atoms with Crippen molar-refractivity contribution in [1.29, 1.82) is 0 Å². The molecule has 0 aliphatic carbocycles. The van der Waals surface area contributed by atoms with Crippen molar-refractivity contribution < 1.29 is 24.2 Å². The number of piperidine rings is 1. The van der Waals surface area contributed by atoms with Crippen LogP contribution in [0.3, 0.4) is 0 Å². The van der Waals surface area contributed by atoms with E-state index in [4.69, 9.17) is 0 Å². The van der Waals surface area contributed by atoms with Crippen LogP contribution in [-0.4, -0.2) is 71.8 Å². The summed E-state index contributed by atoms with van der Waals surface area (Å²) in [5.74, 6) is -0.617. The number of methoxy groups -OCH3 is 1. The third-order valence-electron chi connectivity index (χ3n) is 4.99. The first-order valence-corrected chi connectivity index (χ1v) is 8.15. The van der Waals surface area contributed by atoms with Gasteiger partial charge in [0.05, 0.1) is 13.8 Å². The number of likely N-dealkylation sites (tertiary alicyclic amines) is 1. The van der Waals surface area contributed by atoms with Crippen LogP contribution in [0.5, 0.6) is 0 Å². The first-order chi connectivity index (χ1) is 12.0. The molecule has 1 spiro atoms. The SMILES string of the molecule is COC(=O)CN1CN(c2ccccc2)C2(CCN(C(=O)O)CC2)C1=O. The van der Waals surface area contributed by atoms with Gasteiger partial charge in [-0.05, 0) is 25.0 Å². The number of carbonyl (C=O) groups excluding carboxylic acids is 2. The first-order valence-electron chi connectivity index (χ1n) is 8.15. The van der Waals surface area contributed by atoms with Gasteiger partial charge >= 0.3 is 12.1 Å². The van der Waals surface area contributed by atoms with E-state index in [2.05, 4.69) is 4.74 Å². The summed E-state index contributed by atoms with van der Waals surface area (Å²) < 4.78 is 4.69. The van der Waals surface area contributed by atoms with Gasteiger partial charge in [0, 0.05) is 18.8 Å². The van der Waals surface area contributed by atoms with Gasteiger partial charge in [-0.1, -0.05) is 18.2 Å². The van der Waals surface area contributed by atoms with Gasteiger partial charge in [-0.15, -0.1) is 0 Å². The molecule has 2 aliphatic rings. The molecule has 1 aromatic carbocycles. The van der Waals surface area contributed by atoms with Gasteiger partial charge in [0.25, 0.3) is 5.91 Å². The third-order valence-corrected chi connectivity index (χ3v) is 4.99. The quantitative estimate of drug-likeness (QED) is 0.820. The minimum absolute atomic E-state index is 0.108. The molecule has 0 saturated carbocycles. The zero-order valence-electron chi connectivity index (χ0n) is 14.1. The Morgan fingerprint density at radius 2 is 1.84 bits per heavy atom. The third kappa shape index (κ3) is 2.99. The van der Waals surface area contributed by atoms with Gasteiger partial charge in [0.2, 0.25) is 0 Å². The fourth-order valence-electron chi connectivity index (χ4n) is 3.61. The number of benzene rings is 1. The van der Waals surface area contributed by atoms with Gasteiger partial charge in [-0.2, -0.15) is 0 Å². The highest BCUT2D eigenvalue weighted by atomic mass is 16.5. The lowest BCUT2D eigenvalue weighted by atomic mass is 9.85. The van der Waals surface area contributed by atoms with Crippen molar-refractivity contribution in [3.05, 3.63) is 30.3 Å². The molecule has 2 amide bonds. The average molecular weight is 347 g/mol. The van der Waals surface area contributed by atoms with E-state index in [1.54, 1.807) is 0 Å². The van der Waals surface area contributed by atoms with Crippen LogP contribution in [0.2, 0.25) is 0 Å². The molecular weight excluding hydrogens is 326 g/mol. The molecule has 2 heterocycles. The van der Waals surface area contributed by atoms with Gasteiger partial charge in [-0.3, -0.25) is 9.59 Å². The minimum Gasteiger partial charge on any atom is -0.468 e. The number of esters is 1. The predicted molar refractivity (Wildman–Crippen MR) is 89.1 cm³/mol. The van der Waals surface area contributed by atoms with Crippen LogP contribution in [0.15, 0.2) is 30.3 Å². The lowest BCUT2D eigenvalue weighted by molar-refractivity contribution is -0.146. The van der Waals surface area contributed by atoms with E-state index in [9.17, 15) is 19.5 Å². The lowest BCUT2D eigenvalue weighted by Gasteiger charge is -2.42. The number of amides is 2. The summed E-state index contributed by atoms with van der Waals surface area (Å²) in [6.07, 6.45) is -0.187. The molecule has 0 bridgehead atoms. The van der Waals surface area contributed by atoms with E-state index < -0.39 is 17.6 Å². The summed E-state index contributed by atoms with van der Waals surface area (Å²) in [6, 6.07) is 9.51. The Morgan fingerprint density at radius 1 is 1.20 bits per heavy atom. The van der Waals surface area contributed by atoms with Crippen LogP contribution in [0, 0.1) is 0 Å². The minimum atomic E-state index is -0.974. The molecule has 1 N–H and O–H groups in total. The van der Waals surface area contributed by atoms with E-state index in [-0.39, 0.29) is 32.2 Å². The fourth-order valence-corrected chi connectivity index (χ4v) is 3.61. The number of anilines is 1. The standard InChI is InChI=1S/C17H21N3O5/c1-25-14(21)11-19-12-20(13-5-3-2-4-6-13)17(15(19)22)7-9-18(10-8-17)16(23)24/h2-6H,7-12H2,1H3,(H,23,24). The Morgan fingerprint density at radius 3 is 2.40 bits per heavy atom. The Bertz CT molecular complexity index is 670. The molecule has 3 rings (SSSR count). The van der Waals surface area contributed by atoms with E-state index in [1.807, 2.05) is 35.2 Å². The van der Waals surface area contributed by atoms with Crippen LogP contribution >= 0.6 is 0 Å². The summed E-state index contributed by atoms with van der Waals surface area (Å²) >= 11 is 0. The van der Waals surface area contributed by atoms with E-state index >= 15 is 0 Å². The van der Waals surface area contributed by atoms with Crippen molar-refractivity contribution in [3.8, 4) is 0 Å². The molecule has 2 fully saturated rings. The number of hydrogen-bond acceptors (Lipinski definition) is 5. The zero-order chi connectivity index (χ0) is 18.0. The molecule has 134 valence electrons. The van der Waals surface area contributed by atoms with Crippen LogP contribution in [0.1, 0.15) is 12.8 Å². The van der Waals surface area contributed by atoms with Gasteiger partial charge in [-0.25, -0.2) is 4.79 Å². The topological polar surface area (TPSA) is 90.4 Å². The lowest BCUT2D eigenvalue weighted by Crippen LogP contribution is -2.57. The largest absolute Gasteiger partial charge is 0.468 e. The van der Waals surface area contributed by atoms with Crippen LogP contribution in [-0.2, 0) is 14.3 Å². The van der Waals surface area contributed by atoms with E-state index in [0.29, 0.717) is 12.8 Å². The molecule has 1 aromatic rings. The van der Waals surface area contributed by atoms with E-state index in [0.717, 1.165) is 5.69 Å². The van der Waals surface area contributed by atoms with Crippen molar-refractivity contribution in [2.45, 2.75) is 18.4 Å². The summed E-state index contributed by atoms with van der Waals surface area (Å²) in [6.45, 7) is 0.751. The maximum atomic E-state index is 13.1. The molecule has 25 heavy (non-hydrogen) atoms. The molecular formula is C17H21N3O5. The van der Waals surface area contributed by atoms with Crippen molar-refractivity contribution in [2.24, 2.45) is 0 Å². The fraction of sp³-hybridized carbons (Fsp3) is 0.471. The average Bonchev–Trinajstić information content (AvgIpc) is 2.89. The maximum absolute atomic E-state index is 13.1. The number of para-hydroxylation sites is 1. The second-order valence-electron chi connectivity index (χ2n) is 6.29. The van der Waals surface area contributed by atoms with Gasteiger partial charge in [0.1, 0.15) is 12.1 Å². The predicted octanol–water partition coefficient (Wildman–Crippen LogP) is 0.978. The van der Waals surface area contributed by atoms with Gasteiger partial charge in [0.15, 0.2) is 0 Å². The molecule has 8 nitrogen and oxygen atoms in total. The number of hydrogen-bond donors (Lipinski definition) is 1. The normalized spacial score (nSPS) is 19.4. The molecule has 0 atom stereocenters. The number of rotatable bonds is 3. The molecule has 8 heteroatoms. The highest BCUT2D eigenvalue weighted by Crippen LogP contribution is 2.39. The summed E-state index contributed by atoms with van der Waals surface area (Å²) in [4.78, 5) is 40.7. The number of carboxylic acid groups (broad SMARTS) is 1. The Balaban J connectivity index is 1.90. The molecule has 0 radical (unpaired) electrons. The Labute approximate surface area is 145 Å². The Hall–Kier alpha value is -2.77. The number of carbonyl (C=O) groups is 3. The second-order valence-corrected chi connectivity index (χ2v) is 6.29. The summed E-state index contributed by atoms with van der Waals surface area (Å²) in [5, 5.41) is 9.18. The first kappa shape index (κ1) is 17.1. The van der Waals surface area contributed by atoms with Crippen LogP contribution in [0.4, 0.5) is 10.5 Å². The summed E-state index contributed by atoms with van der Waals surface area (Å²) in [5.41, 5.74) is 0.0633. The monoisotopic (exact) mass is 347 g/mol. The van der Waals surface area contributed by atoms with Crippen LogP contribution in [0.25, 0.3) is 0 Å². The van der Waals surface area contributed by atoms with Crippen LogP contribution < -0.4 is 4.90 Å². The molecule has 0 aromatic heterocycles. The number of ether oxygens (including phenoxy) is 1. The summed E-state index contributed by atoms with van der Waals surface area (Å²) in [7, 11) is 1.29. The highest BCUT2D eigenvalue weighted by Gasteiger charge is 2.54.